The first-order valence-corrected chi connectivity index (χ1v) is 14.6. The van der Waals surface area contributed by atoms with Crippen LogP contribution in [0.3, 0.4) is 0 Å². The Balaban J connectivity index is 1.52. The molecule has 224 valence electrons. The number of hydrogen-bond donors (Lipinski definition) is 2. The number of rotatable bonds is 10. The first kappa shape index (κ1) is 31.4. The van der Waals surface area contributed by atoms with E-state index in [2.05, 4.69) is 21.2 Å². The van der Waals surface area contributed by atoms with Crippen molar-refractivity contribution in [3.8, 4) is 12.3 Å². The summed E-state index contributed by atoms with van der Waals surface area (Å²) in [6.45, 7) is 9.00. The zero-order chi connectivity index (χ0) is 31.3. The summed E-state index contributed by atoms with van der Waals surface area (Å²) in [6.07, 6.45) is 5.68. The fourth-order valence-electron chi connectivity index (χ4n) is 4.32. The van der Waals surface area contributed by atoms with Crippen molar-refractivity contribution in [2.24, 2.45) is 5.41 Å². The average Bonchev–Trinajstić information content (AvgIpc) is 3.41. The van der Waals surface area contributed by atoms with Crippen molar-refractivity contribution in [1.82, 2.24) is 19.9 Å². The number of nitrogens with zero attached hydrogens (tertiary/aromatic N) is 4. The van der Waals surface area contributed by atoms with Crippen molar-refractivity contribution in [1.29, 1.82) is 0 Å². The second-order valence-electron chi connectivity index (χ2n) is 11.2. The fourth-order valence-corrected chi connectivity index (χ4v) is 5.16. The summed E-state index contributed by atoms with van der Waals surface area (Å²) in [5.41, 5.74) is 2.41. The number of carbonyl (C=O) groups is 2. The lowest BCUT2D eigenvalue weighted by Crippen LogP contribution is -2.31. The predicted molar refractivity (Wildman–Crippen MR) is 167 cm³/mol. The van der Waals surface area contributed by atoms with Crippen LogP contribution in [0.5, 0.6) is 0 Å². The number of carbonyl (C=O) groups excluding carboxylic acids is 2. The van der Waals surface area contributed by atoms with Gasteiger partial charge in [-0.05, 0) is 76.6 Å². The second kappa shape index (κ2) is 13.2. The Morgan fingerprint density at radius 1 is 1.16 bits per heavy atom. The van der Waals surface area contributed by atoms with E-state index in [0.717, 1.165) is 16.9 Å². The van der Waals surface area contributed by atoms with Crippen LogP contribution in [0.4, 0.5) is 5.69 Å². The molecule has 11 heteroatoms. The third-order valence-electron chi connectivity index (χ3n) is 6.72. The molecular weight excluding hydrogens is 566 g/mol. The van der Waals surface area contributed by atoms with E-state index in [0.29, 0.717) is 40.4 Å². The van der Waals surface area contributed by atoms with Gasteiger partial charge in [0.25, 0.3) is 11.5 Å². The molecule has 1 atom stereocenters. The first-order valence-electron chi connectivity index (χ1n) is 13.7. The average molecular weight is 602 g/mol. The minimum Gasteiger partial charge on any atom is -0.443 e. The normalized spacial score (nSPS) is 12.0. The molecule has 0 spiro atoms. The van der Waals surface area contributed by atoms with Crippen molar-refractivity contribution in [3.63, 3.8) is 0 Å². The zero-order valence-electron chi connectivity index (χ0n) is 24.9. The molecule has 10 nitrogen and oxygen atoms in total. The van der Waals surface area contributed by atoms with E-state index in [9.17, 15) is 19.5 Å². The van der Waals surface area contributed by atoms with Gasteiger partial charge in [0, 0.05) is 28.9 Å². The molecule has 0 radical (unpaired) electrons. The minimum atomic E-state index is -0.694. The molecule has 0 aliphatic rings. The largest absolute Gasteiger partial charge is 0.443 e. The Kier molecular flexibility index (Phi) is 9.63. The second-order valence-corrected chi connectivity index (χ2v) is 12.1. The molecule has 4 rings (SSSR count). The van der Waals surface area contributed by atoms with Crippen molar-refractivity contribution >= 4 is 39.8 Å². The van der Waals surface area contributed by atoms with E-state index in [4.69, 9.17) is 11.2 Å². The van der Waals surface area contributed by atoms with Crippen LogP contribution in [0.1, 0.15) is 59.3 Å². The van der Waals surface area contributed by atoms with Crippen molar-refractivity contribution in [2.45, 2.75) is 53.9 Å². The summed E-state index contributed by atoms with van der Waals surface area (Å²) in [5.74, 6) is 2.37. The maximum Gasteiger partial charge on any atom is 0.312 e. The number of fused-ring (bicyclic) bond motifs is 1. The highest BCUT2D eigenvalue weighted by atomic mass is 32.1. The summed E-state index contributed by atoms with van der Waals surface area (Å²) in [4.78, 5) is 49.3. The molecular formula is C32H35N5O5S. The van der Waals surface area contributed by atoms with Crippen molar-refractivity contribution in [3.05, 3.63) is 85.9 Å². The lowest BCUT2D eigenvalue weighted by atomic mass is 9.98. The number of aliphatic hydroxyl groups is 1. The van der Waals surface area contributed by atoms with E-state index >= 15 is 0 Å². The quantitative estimate of drug-likeness (QED) is 0.205. The van der Waals surface area contributed by atoms with Gasteiger partial charge in [0.1, 0.15) is 16.9 Å². The maximum atomic E-state index is 13.4. The molecule has 0 aliphatic carbocycles. The van der Waals surface area contributed by atoms with Crippen LogP contribution in [-0.2, 0) is 22.8 Å². The predicted octanol–water partition coefficient (Wildman–Crippen LogP) is 4.12. The molecule has 0 saturated heterocycles. The number of thiazole rings is 1. The zero-order valence-corrected chi connectivity index (χ0v) is 25.7. The lowest BCUT2D eigenvalue weighted by molar-refractivity contribution is -0.157. The Labute approximate surface area is 254 Å². The molecule has 1 amide bonds. The topological polar surface area (TPSA) is 127 Å². The van der Waals surface area contributed by atoms with E-state index in [-0.39, 0.29) is 24.8 Å². The Morgan fingerprint density at radius 2 is 1.88 bits per heavy atom. The van der Waals surface area contributed by atoms with Crippen LogP contribution in [0.15, 0.2) is 52.6 Å². The number of anilines is 1. The lowest BCUT2D eigenvalue weighted by Gasteiger charge is -2.23. The van der Waals surface area contributed by atoms with Crippen LogP contribution in [0.2, 0.25) is 0 Å². The molecule has 43 heavy (non-hydrogen) atoms. The Morgan fingerprint density at radius 3 is 2.49 bits per heavy atom. The van der Waals surface area contributed by atoms with Crippen LogP contribution in [0.25, 0.3) is 10.9 Å². The number of aliphatic hydroxyl groups excluding tert-OH is 1. The fraction of sp³-hybridized carbons (Fsp3) is 0.344. The summed E-state index contributed by atoms with van der Waals surface area (Å²) >= 11 is 1.38. The van der Waals surface area contributed by atoms with Crippen LogP contribution in [-0.4, -0.2) is 44.7 Å². The third kappa shape index (κ3) is 7.46. The van der Waals surface area contributed by atoms with E-state index in [1.54, 1.807) is 64.1 Å². The SMILES string of the molecule is C#CCN(Cc1ccc2nc(C)n(COC(=O)C(C)(C)C)c(=O)c2c1)c1ccc(C(=O)NC(CO)c2nc(C)cs2)cc1. The van der Waals surface area contributed by atoms with Gasteiger partial charge >= 0.3 is 5.97 Å². The molecule has 0 aliphatic heterocycles. The van der Waals surface area contributed by atoms with Gasteiger partial charge in [0.15, 0.2) is 6.73 Å². The van der Waals surface area contributed by atoms with Gasteiger partial charge in [-0.15, -0.1) is 17.8 Å². The molecule has 4 aromatic rings. The highest BCUT2D eigenvalue weighted by molar-refractivity contribution is 7.09. The van der Waals surface area contributed by atoms with Gasteiger partial charge in [-0.2, -0.15) is 0 Å². The van der Waals surface area contributed by atoms with Gasteiger partial charge in [-0.25, -0.2) is 9.97 Å². The Bertz CT molecular complexity index is 1730. The number of amides is 1. The number of aryl methyl sites for hydroxylation is 2. The number of terminal acetylenes is 1. The van der Waals surface area contributed by atoms with E-state index in [1.807, 2.05) is 23.3 Å². The summed E-state index contributed by atoms with van der Waals surface area (Å²) in [6, 6.07) is 11.8. The Hall–Kier alpha value is -4.53. The van der Waals surface area contributed by atoms with Crippen molar-refractivity contribution < 1.29 is 19.4 Å². The number of aromatic nitrogens is 3. The maximum absolute atomic E-state index is 13.4. The molecule has 2 aromatic heterocycles. The van der Waals surface area contributed by atoms with Crippen molar-refractivity contribution in [2.75, 3.05) is 18.1 Å². The molecule has 0 saturated carbocycles. The molecule has 0 bridgehead atoms. The number of benzene rings is 2. The smallest absolute Gasteiger partial charge is 0.312 e. The van der Waals surface area contributed by atoms with E-state index in [1.165, 1.54) is 15.9 Å². The van der Waals surface area contributed by atoms with Crippen LogP contribution >= 0.6 is 11.3 Å². The van der Waals surface area contributed by atoms with Crippen LogP contribution in [0, 0.1) is 31.6 Å². The molecule has 1 unspecified atom stereocenters. The number of ether oxygens (including phenoxy) is 1. The van der Waals surface area contributed by atoms with Gasteiger partial charge < -0.3 is 20.1 Å². The number of nitrogens with one attached hydrogen (secondary N) is 1. The summed E-state index contributed by atoms with van der Waals surface area (Å²) in [7, 11) is 0. The van der Waals surface area contributed by atoms with Gasteiger partial charge in [-0.1, -0.05) is 12.0 Å². The van der Waals surface area contributed by atoms with Crippen LogP contribution < -0.4 is 15.8 Å². The van der Waals surface area contributed by atoms with Gasteiger partial charge in [0.2, 0.25) is 0 Å². The monoisotopic (exact) mass is 601 g/mol. The molecule has 0 fully saturated rings. The highest BCUT2D eigenvalue weighted by Crippen LogP contribution is 2.22. The molecule has 2 N–H and O–H groups in total. The number of esters is 1. The first-order chi connectivity index (χ1) is 20.4. The standard InChI is InChI=1S/C32H35N5O5S/c1-7-14-36(24-11-9-23(10-12-24)28(39)35-27(17-38)29-33-20(2)18-43-29)16-22-8-13-26-25(15-22)30(40)37(21(3)34-26)19-42-31(41)32(4,5)6/h1,8-13,15,18,27,38H,14,16-17,19H2,2-6H3,(H,35,39). The summed E-state index contributed by atoms with van der Waals surface area (Å²) in [5, 5.41) is 15.5. The third-order valence-corrected chi connectivity index (χ3v) is 7.80. The van der Waals surface area contributed by atoms with Gasteiger partial charge in [0.05, 0.1) is 29.5 Å². The molecule has 2 heterocycles. The minimum absolute atomic E-state index is 0.223. The molecule has 2 aromatic carbocycles. The summed E-state index contributed by atoms with van der Waals surface area (Å²) < 4.78 is 6.72. The van der Waals surface area contributed by atoms with Gasteiger partial charge in [-0.3, -0.25) is 19.0 Å². The van der Waals surface area contributed by atoms with E-state index < -0.39 is 17.4 Å². The number of hydrogen-bond acceptors (Lipinski definition) is 9. The highest BCUT2D eigenvalue weighted by Gasteiger charge is 2.24.